The molecule has 0 bridgehead atoms. The zero-order valence-electron chi connectivity index (χ0n) is 10.6. The van der Waals surface area contributed by atoms with Gasteiger partial charge in [-0.05, 0) is 41.8 Å². The van der Waals surface area contributed by atoms with Gasteiger partial charge in [-0.3, -0.25) is 4.98 Å². The molecule has 20 heavy (non-hydrogen) atoms. The average Bonchev–Trinajstić information content (AvgIpc) is 2.37. The van der Waals surface area contributed by atoms with Crippen LogP contribution in [0.5, 0.6) is 0 Å². The van der Waals surface area contributed by atoms with Crippen LogP contribution in [0.4, 0.5) is 18.9 Å². The Morgan fingerprint density at radius 3 is 2.50 bits per heavy atom. The first-order valence-corrected chi connectivity index (χ1v) is 5.76. The Morgan fingerprint density at radius 1 is 1.25 bits per heavy atom. The van der Waals surface area contributed by atoms with E-state index in [1.54, 1.807) is 19.2 Å². The predicted octanol–water partition coefficient (Wildman–Crippen LogP) is 3.66. The van der Waals surface area contributed by atoms with Gasteiger partial charge in [0.05, 0.1) is 5.56 Å². The Kier molecular flexibility index (Phi) is 3.48. The number of nitrogen functional groups attached to an aromatic ring is 1. The lowest BCUT2D eigenvalue weighted by Crippen LogP contribution is -2.08. The second kappa shape index (κ2) is 4.96. The summed E-state index contributed by atoms with van der Waals surface area (Å²) in [6.07, 6.45) is -0.471. The topological polar surface area (TPSA) is 62.8 Å². The molecule has 0 amide bonds. The van der Waals surface area contributed by atoms with Crippen LogP contribution in [0.1, 0.15) is 16.7 Å². The smallest absolute Gasteiger partial charge is 0.398 e. The lowest BCUT2D eigenvalue weighted by molar-refractivity contribution is -0.137. The van der Waals surface area contributed by atoms with Gasteiger partial charge >= 0.3 is 6.18 Å². The molecule has 0 unspecified atom stereocenters. The van der Waals surface area contributed by atoms with Gasteiger partial charge in [-0.2, -0.15) is 13.2 Å². The molecular formula is C14H12F3N3. The minimum Gasteiger partial charge on any atom is -0.398 e. The van der Waals surface area contributed by atoms with Crippen LogP contribution in [-0.2, 0) is 6.18 Å². The summed E-state index contributed by atoms with van der Waals surface area (Å²) in [6.45, 7) is 1.74. The molecule has 2 aromatic rings. The molecule has 2 rings (SSSR count). The molecule has 0 radical (unpaired) electrons. The molecule has 0 saturated carbocycles. The zero-order valence-corrected chi connectivity index (χ0v) is 10.6. The maximum Gasteiger partial charge on any atom is 0.416 e. The summed E-state index contributed by atoms with van der Waals surface area (Å²) in [5, 5.41) is 7.37. The maximum atomic E-state index is 12.9. The number of pyridine rings is 1. The highest BCUT2D eigenvalue weighted by molar-refractivity contribution is 5.95. The van der Waals surface area contributed by atoms with Gasteiger partial charge in [-0.1, -0.05) is 0 Å². The molecule has 0 atom stereocenters. The van der Waals surface area contributed by atoms with Gasteiger partial charge in [0.25, 0.3) is 0 Å². The van der Waals surface area contributed by atoms with E-state index in [0.717, 1.165) is 18.3 Å². The van der Waals surface area contributed by atoms with Crippen LogP contribution in [0.25, 0.3) is 11.1 Å². The largest absolute Gasteiger partial charge is 0.416 e. The number of benzene rings is 1. The monoisotopic (exact) mass is 279 g/mol. The van der Waals surface area contributed by atoms with E-state index in [4.69, 9.17) is 11.1 Å². The molecule has 1 aromatic heterocycles. The number of hydrogen-bond donors (Lipinski definition) is 2. The number of alkyl halides is 3. The number of anilines is 1. The highest BCUT2D eigenvalue weighted by atomic mass is 19.4. The maximum absolute atomic E-state index is 12.9. The lowest BCUT2D eigenvalue weighted by atomic mass is 9.94. The van der Waals surface area contributed by atoms with Crippen molar-refractivity contribution in [3.8, 4) is 11.1 Å². The Hall–Kier alpha value is -2.37. The Balaban J connectivity index is 2.77. The van der Waals surface area contributed by atoms with Gasteiger partial charge in [0.2, 0.25) is 0 Å². The molecule has 0 saturated heterocycles. The van der Waals surface area contributed by atoms with Crippen molar-refractivity contribution in [1.29, 1.82) is 5.41 Å². The van der Waals surface area contributed by atoms with Crippen molar-refractivity contribution in [3.05, 3.63) is 47.3 Å². The first-order chi connectivity index (χ1) is 9.34. The molecule has 0 aliphatic carbocycles. The minimum atomic E-state index is -4.48. The summed E-state index contributed by atoms with van der Waals surface area (Å²) in [5.41, 5.74) is 6.61. The third kappa shape index (κ3) is 2.49. The first kappa shape index (κ1) is 14.0. The third-order valence-electron chi connectivity index (χ3n) is 2.99. The second-order valence-electron chi connectivity index (χ2n) is 4.36. The van der Waals surface area contributed by atoms with Gasteiger partial charge in [-0.15, -0.1) is 0 Å². The molecule has 3 N–H and O–H groups in total. The number of halogens is 3. The molecule has 6 heteroatoms. The number of nitrogens with zero attached hydrogens (tertiary/aromatic N) is 1. The molecule has 0 aliphatic heterocycles. The predicted molar refractivity (Wildman–Crippen MR) is 71.7 cm³/mol. The molecule has 0 fully saturated rings. The van der Waals surface area contributed by atoms with E-state index >= 15 is 0 Å². The number of rotatable bonds is 2. The van der Waals surface area contributed by atoms with Gasteiger partial charge in [-0.25, -0.2) is 0 Å². The lowest BCUT2D eigenvalue weighted by Gasteiger charge is -2.15. The van der Waals surface area contributed by atoms with Gasteiger partial charge in [0, 0.05) is 29.9 Å². The van der Waals surface area contributed by atoms with E-state index in [-0.39, 0.29) is 16.8 Å². The summed E-state index contributed by atoms with van der Waals surface area (Å²) in [7, 11) is 0. The highest BCUT2D eigenvalue weighted by Crippen LogP contribution is 2.37. The Bertz CT molecular complexity index is 663. The number of nitrogens with one attached hydrogen (secondary N) is 1. The third-order valence-corrected chi connectivity index (χ3v) is 2.99. The Labute approximate surface area is 113 Å². The summed E-state index contributed by atoms with van der Waals surface area (Å²) in [4.78, 5) is 3.91. The Morgan fingerprint density at radius 2 is 1.95 bits per heavy atom. The fourth-order valence-electron chi connectivity index (χ4n) is 2.00. The van der Waals surface area contributed by atoms with Gasteiger partial charge in [0.1, 0.15) is 0 Å². The van der Waals surface area contributed by atoms with Crippen LogP contribution >= 0.6 is 0 Å². The zero-order chi connectivity index (χ0) is 14.9. The number of aromatic nitrogens is 1. The molecule has 1 heterocycles. The van der Waals surface area contributed by atoms with E-state index in [9.17, 15) is 13.2 Å². The van der Waals surface area contributed by atoms with Crippen molar-refractivity contribution >= 4 is 11.9 Å². The summed E-state index contributed by atoms with van der Waals surface area (Å²) < 4.78 is 38.6. The van der Waals surface area contributed by atoms with E-state index in [1.165, 1.54) is 6.20 Å². The average molecular weight is 279 g/mol. The van der Waals surface area contributed by atoms with E-state index < -0.39 is 11.7 Å². The van der Waals surface area contributed by atoms with Gasteiger partial charge in [0.15, 0.2) is 0 Å². The summed E-state index contributed by atoms with van der Waals surface area (Å²) in [5.74, 6) is 0. The van der Waals surface area contributed by atoms with E-state index in [2.05, 4.69) is 4.98 Å². The van der Waals surface area contributed by atoms with Crippen LogP contribution < -0.4 is 5.73 Å². The second-order valence-corrected chi connectivity index (χ2v) is 4.36. The highest BCUT2D eigenvalue weighted by Gasteiger charge is 2.32. The van der Waals surface area contributed by atoms with E-state index in [1.807, 2.05) is 0 Å². The minimum absolute atomic E-state index is 0.0685. The number of aryl methyl sites for hydroxylation is 1. The summed E-state index contributed by atoms with van der Waals surface area (Å²) >= 11 is 0. The molecule has 104 valence electrons. The molecule has 1 aromatic carbocycles. The van der Waals surface area contributed by atoms with Crippen LogP contribution in [0.3, 0.4) is 0 Å². The van der Waals surface area contributed by atoms with E-state index in [0.29, 0.717) is 11.1 Å². The molecule has 3 nitrogen and oxygen atoms in total. The van der Waals surface area contributed by atoms with Crippen molar-refractivity contribution in [2.75, 3.05) is 5.73 Å². The molecule has 0 spiro atoms. The van der Waals surface area contributed by atoms with Crippen LogP contribution in [0.15, 0.2) is 30.6 Å². The quantitative estimate of drug-likeness (QED) is 0.651. The van der Waals surface area contributed by atoms with Gasteiger partial charge < -0.3 is 11.1 Å². The standard InChI is InChI=1S/C14H12F3N3/c1-8-7-20-3-2-10(8)11-4-9(14(15,16)17)5-13(19)12(11)6-18/h2-7,18H,19H2,1H3. The fraction of sp³-hybridized carbons (Fsp3) is 0.143. The van der Waals surface area contributed by atoms with Crippen molar-refractivity contribution in [1.82, 2.24) is 4.98 Å². The summed E-state index contributed by atoms with van der Waals surface area (Å²) in [6, 6.07) is 3.47. The van der Waals surface area contributed by atoms with Crippen molar-refractivity contribution in [2.45, 2.75) is 13.1 Å². The normalized spacial score (nSPS) is 11.4. The van der Waals surface area contributed by atoms with Crippen molar-refractivity contribution < 1.29 is 13.2 Å². The van der Waals surface area contributed by atoms with Crippen LogP contribution in [0.2, 0.25) is 0 Å². The van der Waals surface area contributed by atoms with Crippen LogP contribution in [-0.4, -0.2) is 11.2 Å². The number of nitrogens with two attached hydrogens (primary N) is 1. The first-order valence-electron chi connectivity index (χ1n) is 5.76. The molecular weight excluding hydrogens is 267 g/mol. The number of hydrogen-bond acceptors (Lipinski definition) is 3. The molecule has 0 aliphatic rings. The fourth-order valence-corrected chi connectivity index (χ4v) is 2.00. The van der Waals surface area contributed by atoms with Crippen molar-refractivity contribution in [2.24, 2.45) is 0 Å². The van der Waals surface area contributed by atoms with Crippen LogP contribution in [0, 0.1) is 12.3 Å². The SMILES string of the molecule is Cc1cnccc1-c1cc(C(F)(F)F)cc(N)c1C=N. The van der Waals surface area contributed by atoms with Crippen molar-refractivity contribution in [3.63, 3.8) is 0 Å².